The van der Waals surface area contributed by atoms with Crippen LogP contribution in [0.5, 0.6) is 0 Å². The third-order valence-corrected chi connectivity index (χ3v) is 2.26. The van der Waals surface area contributed by atoms with Gasteiger partial charge in [0.2, 0.25) is 5.91 Å². The maximum atomic E-state index is 11.5. The number of nitrogens with one attached hydrogen (secondary N) is 2. The molecule has 4 heteroatoms. The molecule has 1 heterocycles. The fourth-order valence-electron chi connectivity index (χ4n) is 1.34. The van der Waals surface area contributed by atoms with Gasteiger partial charge in [0.1, 0.15) is 6.04 Å². The molecule has 1 atom stereocenters. The normalized spacial score (nSPS) is 22.4. The number of carbonyl (C=O) groups is 1. The molecule has 1 fully saturated rings. The largest absolute Gasteiger partial charge is 0.378 e. The van der Waals surface area contributed by atoms with Gasteiger partial charge in [-0.25, -0.2) is 0 Å². The average molecular weight is 200 g/mol. The number of carbonyl (C=O) groups excluding carboxylic acids is 1. The summed E-state index contributed by atoms with van der Waals surface area (Å²) in [5.74, 6) is 0.691. The molecule has 0 bridgehead atoms. The van der Waals surface area contributed by atoms with Crippen LogP contribution in [0.3, 0.4) is 0 Å². The molecule has 1 saturated heterocycles. The zero-order valence-electron chi connectivity index (χ0n) is 9.01. The van der Waals surface area contributed by atoms with Crippen LogP contribution < -0.4 is 10.6 Å². The summed E-state index contributed by atoms with van der Waals surface area (Å²) in [4.78, 5) is 11.5. The Labute approximate surface area is 85.4 Å². The molecule has 2 N–H and O–H groups in total. The van der Waals surface area contributed by atoms with Crippen molar-refractivity contribution in [2.75, 3.05) is 26.3 Å². The quantitative estimate of drug-likeness (QED) is 0.678. The molecule has 0 spiro atoms. The molecule has 1 aliphatic heterocycles. The summed E-state index contributed by atoms with van der Waals surface area (Å²) in [6.07, 6.45) is 1.03. The molecule has 4 nitrogen and oxygen atoms in total. The summed E-state index contributed by atoms with van der Waals surface area (Å²) in [5, 5.41) is 6.02. The lowest BCUT2D eigenvalue weighted by Gasteiger charge is -2.23. The van der Waals surface area contributed by atoms with E-state index in [2.05, 4.69) is 24.5 Å². The van der Waals surface area contributed by atoms with E-state index in [4.69, 9.17) is 4.74 Å². The van der Waals surface area contributed by atoms with Crippen LogP contribution in [0.1, 0.15) is 20.3 Å². The van der Waals surface area contributed by atoms with Gasteiger partial charge in [-0.15, -0.1) is 0 Å². The van der Waals surface area contributed by atoms with E-state index in [9.17, 15) is 4.79 Å². The van der Waals surface area contributed by atoms with Gasteiger partial charge >= 0.3 is 0 Å². The maximum absolute atomic E-state index is 11.5. The first kappa shape index (κ1) is 11.5. The van der Waals surface area contributed by atoms with Gasteiger partial charge in [-0.2, -0.15) is 0 Å². The van der Waals surface area contributed by atoms with Gasteiger partial charge in [0, 0.05) is 13.1 Å². The van der Waals surface area contributed by atoms with Crippen LogP contribution in [0, 0.1) is 5.92 Å². The van der Waals surface area contributed by atoms with Crippen molar-refractivity contribution >= 4 is 5.91 Å². The Bertz CT molecular complexity index is 177. The van der Waals surface area contributed by atoms with E-state index >= 15 is 0 Å². The van der Waals surface area contributed by atoms with Gasteiger partial charge in [-0.3, -0.25) is 4.79 Å². The Morgan fingerprint density at radius 3 is 3.00 bits per heavy atom. The molecule has 1 amide bonds. The van der Waals surface area contributed by atoms with E-state index in [-0.39, 0.29) is 11.9 Å². The average Bonchev–Trinajstić information content (AvgIpc) is 2.18. The summed E-state index contributed by atoms with van der Waals surface area (Å²) in [6, 6.07) is -0.157. The van der Waals surface area contributed by atoms with Gasteiger partial charge in [0.15, 0.2) is 0 Å². The SMILES string of the molecule is CC(C)CCNC(=O)C1COCCN1. The maximum Gasteiger partial charge on any atom is 0.239 e. The summed E-state index contributed by atoms with van der Waals surface area (Å²) in [7, 11) is 0. The van der Waals surface area contributed by atoms with Gasteiger partial charge in [-0.05, 0) is 12.3 Å². The van der Waals surface area contributed by atoms with Crippen LogP contribution in [0.2, 0.25) is 0 Å². The number of ether oxygens (including phenoxy) is 1. The fourth-order valence-corrected chi connectivity index (χ4v) is 1.34. The minimum absolute atomic E-state index is 0.0605. The van der Waals surface area contributed by atoms with Gasteiger partial charge < -0.3 is 15.4 Å². The predicted octanol–water partition coefficient (Wildman–Crippen LogP) is 0.137. The Balaban J connectivity index is 2.13. The van der Waals surface area contributed by atoms with Crippen molar-refractivity contribution in [3.8, 4) is 0 Å². The topological polar surface area (TPSA) is 50.4 Å². The number of hydrogen-bond acceptors (Lipinski definition) is 3. The Morgan fingerprint density at radius 2 is 2.43 bits per heavy atom. The molecule has 0 aromatic carbocycles. The van der Waals surface area contributed by atoms with Crippen molar-refractivity contribution in [3.05, 3.63) is 0 Å². The number of rotatable bonds is 4. The third kappa shape index (κ3) is 4.07. The number of hydrogen-bond donors (Lipinski definition) is 2. The molecule has 1 unspecified atom stereocenters. The molecule has 0 saturated carbocycles. The minimum Gasteiger partial charge on any atom is -0.378 e. The Kier molecular flexibility index (Phi) is 4.90. The van der Waals surface area contributed by atoms with Gasteiger partial charge in [0.25, 0.3) is 0 Å². The molecule has 0 aliphatic carbocycles. The van der Waals surface area contributed by atoms with Crippen molar-refractivity contribution in [1.82, 2.24) is 10.6 Å². The number of morpholine rings is 1. The van der Waals surface area contributed by atoms with E-state index in [0.717, 1.165) is 19.5 Å². The minimum atomic E-state index is -0.157. The zero-order valence-corrected chi connectivity index (χ0v) is 9.01. The second-order valence-electron chi connectivity index (χ2n) is 4.06. The van der Waals surface area contributed by atoms with Gasteiger partial charge in [0.05, 0.1) is 13.2 Å². The lowest BCUT2D eigenvalue weighted by Crippen LogP contribution is -2.51. The predicted molar refractivity (Wildman–Crippen MR) is 55.1 cm³/mol. The van der Waals surface area contributed by atoms with Crippen molar-refractivity contribution in [2.24, 2.45) is 5.92 Å². The summed E-state index contributed by atoms with van der Waals surface area (Å²) >= 11 is 0. The second-order valence-corrected chi connectivity index (χ2v) is 4.06. The van der Waals surface area contributed by atoms with Crippen molar-refractivity contribution < 1.29 is 9.53 Å². The molecule has 0 aromatic rings. The third-order valence-electron chi connectivity index (χ3n) is 2.26. The van der Waals surface area contributed by atoms with E-state index in [1.54, 1.807) is 0 Å². The first-order valence-electron chi connectivity index (χ1n) is 5.29. The summed E-state index contributed by atoms with van der Waals surface area (Å²) < 4.78 is 5.21. The van der Waals surface area contributed by atoms with E-state index < -0.39 is 0 Å². The fraction of sp³-hybridized carbons (Fsp3) is 0.900. The summed E-state index contributed by atoms with van der Waals surface area (Å²) in [6.45, 7) is 7.02. The first-order chi connectivity index (χ1) is 6.70. The van der Waals surface area contributed by atoms with Crippen molar-refractivity contribution in [3.63, 3.8) is 0 Å². The number of amides is 1. The van der Waals surface area contributed by atoms with Crippen LogP contribution in [0.15, 0.2) is 0 Å². The van der Waals surface area contributed by atoms with Crippen LogP contribution in [0.25, 0.3) is 0 Å². The van der Waals surface area contributed by atoms with Crippen molar-refractivity contribution in [2.45, 2.75) is 26.3 Å². The standard InChI is InChI=1S/C10H20N2O2/c1-8(2)3-4-12-10(13)9-7-14-6-5-11-9/h8-9,11H,3-7H2,1-2H3,(H,12,13). The van der Waals surface area contributed by atoms with Crippen LogP contribution >= 0.6 is 0 Å². The second kappa shape index (κ2) is 5.98. The Hall–Kier alpha value is -0.610. The van der Waals surface area contributed by atoms with Crippen LogP contribution in [-0.4, -0.2) is 38.3 Å². The van der Waals surface area contributed by atoms with Crippen LogP contribution in [0.4, 0.5) is 0 Å². The Morgan fingerprint density at radius 1 is 1.64 bits per heavy atom. The molecule has 82 valence electrons. The van der Waals surface area contributed by atoms with E-state index in [1.165, 1.54) is 0 Å². The molecule has 14 heavy (non-hydrogen) atoms. The molecular formula is C10H20N2O2. The first-order valence-corrected chi connectivity index (χ1v) is 5.29. The lowest BCUT2D eigenvalue weighted by atomic mass is 10.1. The highest BCUT2D eigenvalue weighted by Gasteiger charge is 2.20. The molecule has 1 rings (SSSR count). The van der Waals surface area contributed by atoms with Crippen molar-refractivity contribution in [1.29, 1.82) is 0 Å². The molecule has 0 radical (unpaired) electrons. The highest BCUT2D eigenvalue weighted by molar-refractivity contribution is 5.81. The highest BCUT2D eigenvalue weighted by Crippen LogP contribution is 1.97. The monoisotopic (exact) mass is 200 g/mol. The smallest absolute Gasteiger partial charge is 0.239 e. The van der Waals surface area contributed by atoms with E-state index in [0.29, 0.717) is 19.1 Å². The summed E-state index contributed by atoms with van der Waals surface area (Å²) in [5.41, 5.74) is 0. The van der Waals surface area contributed by atoms with Gasteiger partial charge in [-0.1, -0.05) is 13.8 Å². The lowest BCUT2D eigenvalue weighted by molar-refractivity contribution is -0.125. The zero-order chi connectivity index (χ0) is 10.4. The molecule has 0 aromatic heterocycles. The highest BCUT2D eigenvalue weighted by atomic mass is 16.5. The molecular weight excluding hydrogens is 180 g/mol. The van der Waals surface area contributed by atoms with E-state index in [1.807, 2.05) is 0 Å². The van der Waals surface area contributed by atoms with Crippen LogP contribution in [-0.2, 0) is 9.53 Å². The molecule has 1 aliphatic rings.